The summed E-state index contributed by atoms with van der Waals surface area (Å²) in [5.41, 5.74) is 1.09. The van der Waals surface area contributed by atoms with E-state index < -0.39 is 16.2 Å². The molecule has 0 aromatic carbocycles. The molecule has 0 saturated carbocycles. The Bertz CT molecular complexity index is 649. The van der Waals surface area contributed by atoms with E-state index in [0.717, 1.165) is 0 Å². The molecule has 1 aliphatic heterocycles. The molecule has 2 rings (SSSR count). The summed E-state index contributed by atoms with van der Waals surface area (Å²) in [4.78, 5) is 3.66. The van der Waals surface area contributed by atoms with Crippen molar-refractivity contribution in [2.75, 3.05) is 13.1 Å². The molecule has 1 aromatic heterocycles. The molecule has 114 valence electrons. The van der Waals surface area contributed by atoms with Crippen LogP contribution in [0, 0.1) is 30.1 Å². The Morgan fingerprint density at radius 1 is 1.48 bits per heavy atom. The van der Waals surface area contributed by atoms with Gasteiger partial charge in [-0.2, -0.15) is 27.1 Å². The zero-order valence-electron chi connectivity index (χ0n) is 11.7. The first-order valence-electron chi connectivity index (χ1n) is 6.69. The summed E-state index contributed by atoms with van der Waals surface area (Å²) in [6.07, 6.45) is 1.10. The van der Waals surface area contributed by atoms with E-state index in [1.807, 2.05) is 0 Å². The van der Waals surface area contributed by atoms with Crippen LogP contribution < -0.4 is 4.72 Å². The van der Waals surface area contributed by atoms with Gasteiger partial charge in [-0.3, -0.25) is 0 Å². The Kier molecular flexibility index (Phi) is 4.88. The van der Waals surface area contributed by atoms with Gasteiger partial charge in [-0.05, 0) is 31.4 Å². The van der Waals surface area contributed by atoms with Crippen molar-refractivity contribution in [3.05, 3.63) is 29.3 Å². The second kappa shape index (κ2) is 6.47. The third-order valence-electron chi connectivity index (χ3n) is 3.58. The van der Waals surface area contributed by atoms with Crippen LogP contribution in [0.1, 0.15) is 24.1 Å². The minimum atomic E-state index is -3.59. The van der Waals surface area contributed by atoms with Gasteiger partial charge in [0, 0.05) is 31.2 Å². The summed E-state index contributed by atoms with van der Waals surface area (Å²) >= 11 is 0. The topological polar surface area (TPSA) is 86.1 Å². The Labute approximate surface area is 123 Å². The van der Waals surface area contributed by atoms with Gasteiger partial charge in [0.15, 0.2) is 0 Å². The van der Waals surface area contributed by atoms with Crippen LogP contribution in [-0.4, -0.2) is 30.8 Å². The molecule has 0 radical (unpaired) electrons. The molecule has 8 heteroatoms. The van der Waals surface area contributed by atoms with E-state index in [-0.39, 0.29) is 12.5 Å². The molecule has 0 aliphatic carbocycles. The van der Waals surface area contributed by atoms with Gasteiger partial charge in [0.2, 0.25) is 5.95 Å². The van der Waals surface area contributed by atoms with Gasteiger partial charge in [0.25, 0.3) is 10.2 Å². The summed E-state index contributed by atoms with van der Waals surface area (Å²) in [6.45, 7) is 2.38. The van der Waals surface area contributed by atoms with Crippen LogP contribution in [-0.2, 0) is 16.8 Å². The molecular weight excluding hydrogens is 295 g/mol. The number of aryl methyl sites for hydroxylation is 1. The van der Waals surface area contributed by atoms with Crippen LogP contribution in [0.4, 0.5) is 4.39 Å². The Morgan fingerprint density at radius 3 is 2.71 bits per heavy atom. The van der Waals surface area contributed by atoms with Crippen LogP contribution in [0.15, 0.2) is 12.1 Å². The quantitative estimate of drug-likeness (QED) is 0.844. The number of halogens is 1. The number of pyridine rings is 1. The zero-order valence-corrected chi connectivity index (χ0v) is 12.5. The van der Waals surface area contributed by atoms with Crippen LogP contribution >= 0.6 is 0 Å². The molecule has 0 unspecified atom stereocenters. The van der Waals surface area contributed by atoms with Crippen molar-refractivity contribution in [3.63, 3.8) is 0 Å². The first-order chi connectivity index (χ1) is 9.92. The molecule has 0 spiro atoms. The van der Waals surface area contributed by atoms with Crippen molar-refractivity contribution in [1.82, 2.24) is 14.0 Å². The number of hydrogen-bond donors (Lipinski definition) is 1. The maximum absolute atomic E-state index is 12.9. The van der Waals surface area contributed by atoms with E-state index in [1.54, 1.807) is 6.92 Å². The van der Waals surface area contributed by atoms with Gasteiger partial charge < -0.3 is 0 Å². The minimum absolute atomic E-state index is 0.0691. The monoisotopic (exact) mass is 312 g/mol. The first-order valence-corrected chi connectivity index (χ1v) is 8.13. The predicted molar refractivity (Wildman–Crippen MR) is 74.6 cm³/mol. The van der Waals surface area contributed by atoms with Gasteiger partial charge in [0.1, 0.15) is 0 Å². The van der Waals surface area contributed by atoms with Crippen molar-refractivity contribution in [2.45, 2.75) is 26.3 Å². The predicted octanol–water partition coefficient (Wildman–Crippen LogP) is 1.10. The van der Waals surface area contributed by atoms with Gasteiger partial charge in [-0.25, -0.2) is 4.98 Å². The van der Waals surface area contributed by atoms with Crippen molar-refractivity contribution in [2.24, 2.45) is 5.92 Å². The van der Waals surface area contributed by atoms with E-state index in [0.29, 0.717) is 37.2 Å². The smallest absolute Gasteiger partial charge is 0.225 e. The van der Waals surface area contributed by atoms with Crippen molar-refractivity contribution in [1.29, 1.82) is 5.26 Å². The molecule has 1 saturated heterocycles. The van der Waals surface area contributed by atoms with E-state index in [9.17, 15) is 12.8 Å². The normalized spacial score (nSPS) is 17.6. The third kappa shape index (κ3) is 3.97. The van der Waals surface area contributed by atoms with E-state index >= 15 is 0 Å². The standard InChI is InChI=1S/C13H17FN4O2S/c1-10-12(2-3-13(14)17-10)9-16-21(19,20)18-6-4-11(8-15)5-7-18/h2-3,11,16H,4-7,9H2,1H3. The van der Waals surface area contributed by atoms with Crippen LogP contribution in [0.5, 0.6) is 0 Å². The molecule has 21 heavy (non-hydrogen) atoms. The van der Waals surface area contributed by atoms with Gasteiger partial charge in [-0.15, -0.1) is 0 Å². The zero-order chi connectivity index (χ0) is 15.5. The summed E-state index contributed by atoms with van der Waals surface area (Å²) in [5.74, 6) is -0.655. The summed E-state index contributed by atoms with van der Waals surface area (Å²) in [6, 6.07) is 4.88. The second-order valence-corrected chi connectivity index (χ2v) is 6.76. The molecule has 1 fully saturated rings. The number of nitrogens with zero attached hydrogens (tertiary/aromatic N) is 3. The lowest BCUT2D eigenvalue weighted by molar-refractivity contribution is 0.306. The molecule has 1 N–H and O–H groups in total. The lowest BCUT2D eigenvalue weighted by Crippen LogP contribution is -2.44. The maximum atomic E-state index is 12.9. The van der Waals surface area contributed by atoms with Gasteiger partial charge in [-0.1, -0.05) is 6.07 Å². The molecule has 0 bridgehead atoms. The SMILES string of the molecule is Cc1nc(F)ccc1CNS(=O)(=O)N1CCC(C#N)CC1. The van der Waals surface area contributed by atoms with Crippen LogP contribution in [0.3, 0.4) is 0 Å². The molecule has 2 heterocycles. The Hall–Kier alpha value is -1.56. The first kappa shape index (κ1) is 15.8. The third-order valence-corrected chi connectivity index (χ3v) is 5.14. The number of aromatic nitrogens is 1. The minimum Gasteiger partial charge on any atom is -0.225 e. The summed E-state index contributed by atoms with van der Waals surface area (Å²) in [5, 5.41) is 8.81. The van der Waals surface area contributed by atoms with Gasteiger partial charge in [0.05, 0.1) is 6.07 Å². The van der Waals surface area contributed by atoms with Crippen molar-refractivity contribution < 1.29 is 12.8 Å². The number of rotatable bonds is 4. The van der Waals surface area contributed by atoms with E-state index in [2.05, 4.69) is 15.8 Å². The number of piperidine rings is 1. The molecule has 0 amide bonds. The molecule has 0 atom stereocenters. The van der Waals surface area contributed by atoms with Crippen LogP contribution in [0.2, 0.25) is 0 Å². The fourth-order valence-electron chi connectivity index (χ4n) is 2.23. The Balaban J connectivity index is 1.97. The maximum Gasteiger partial charge on any atom is 0.279 e. The molecular formula is C13H17FN4O2S. The average Bonchev–Trinajstić information content (AvgIpc) is 2.46. The van der Waals surface area contributed by atoms with Crippen molar-refractivity contribution >= 4 is 10.2 Å². The highest BCUT2D eigenvalue weighted by Crippen LogP contribution is 2.18. The fraction of sp³-hybridized carbons (Fsp3) is 0.538. The number of hydrogen-bond acceptors (Lipinski definition) is 4. The highest BCUT2D eigenvalue weighted by atomic mass is 32.2. The second-order valence-electron chi connectivity index (χ2n) is 5.01. The largest absolute Gasteiger partial charge is 0.279 e. The summed E-state index contributed by atoms with van der Waals surface area (Å²) < 4.78 is 41.1. The van der Waals surface area contributed by atoms with Crippen molar-refractivity contribution in [3.8, 4) is 6.07 Å². The summed E-state index contributed by atoms with van der Waals surface area (Å²) in [7, 11) is -3.59. The van der Waals surface area contributed by atoms with Gasteiger partial charge >= 0.3 is 0 Å². The number of nitrogens with one attached hydrogen (secondary N) is 1. The average molecular weight is 312 g/mol. The lowest BCUT2D eigenvalue weighted by atomic mass is 10.0. The highest BCUT2D eigenvalue weighted by molar-refractivity contribution is 7.87. The highest BCUT2D eigenvalue weighted by Gasteiger charge is 2.27. The lowest BCUT2D eigenvalue weighted by Gasteiger charge is -2.28. The molecule has 6 nitrogen and oxygen atoms in total. The fourth-order valence-corrected chi connectivity index (χ4v) is 3.44. The van der Waals surface area contributed by atoms with E-state index in [1.165, 1.54) is 16.4 Å². The number of nitriles is 1. The molecule has 1 aliphatic rings. The van der Waals surface area contributed by atoms with E-state index in [4.69, 9.17) is 5.26 Å². The molecule has 1 aromatic rings. The van der Waals surface area contributed by atoms with Crippen LogP contribution in [0.25, 0.3) is 0 Å². The Morgan fingerprint density at radius 2 is 2.14 bits per heavy atom.